The van der Waals surface area contributed by atoms with E-state index in [1.165, 1.54) is 32.7 Å². The minimum atomic E-state index is 0.831. The van der Waals surface area contributed by atoms with E-state index in [0.29, 0.717) is 0 Å². The zero-order valence-corrected chi connectivity index (χ0v) is 10.5. The summed E-state index contributed by atoms with van der Waals surface area (Å²) in [7, 11) is 0. The van der Waals surface area contributed by atoms with Crippen molar-refractivity contribution < 1.29 is 0 Å². The SMILES string of the molecule is C1#Cc2c(c3ccccc3c3ccccc23)C=CC1. The molecule has 0 aromatic heterocycles. The van der Waals surface area contributed by atoms with Gasteiger partial charge in [-0.1, -0.05) is 72.5 Å². The fourth-order valence-corrected chi connectivity index (χ4v) is 2.85. The van der Waals surface area contributed by atoms with Gasteiger partial charge < -0.3 is 0 Å². The maximum absolute atomic E-state index is 3.35. The second-order valence-electron chi connectivity index (χ2n) is 4.79. The largest absolute Gasteiger partial charge is 0.0937 e. The smallest absolute Gasteiger partial charge is 0.0402 e. The van der Waals surface area contributed by atoms with Gasteiger partial charge >= 0.3 is 0 Å². The van der Waals surface area contributed by atoms with E-state index in [9.17, 15) is 0 Å². The number of fused-ring (bicyclic) bond motifs is 6. The standard InChI is InChI=1S/C19H12/c1-2-8-14-15(9-3-1)17-11-5-7-13-19(17)18-12-6-4-10-16(14)18/h2,4-8,10-13H,1H2. The zero-order valence-electron chi connectivity index (χ0n) is 10.5. The average Bonchev–Trinajstić information content (AvgIpc) is 2.73. The molecule has 0 saturated carbocycles. The third kappa shape index (κ3) is 1.49. The summed E-state index contributed by atoms with van der Waals surface area (Å²) >= 11 is 0. The molecule has 0 heterocycles. The first kappa shape index (κ1) is 10.4. The predicted molar refractivity (Wildman–Crippen MR) is 82.0 cm³/mol. The lowest BCUT2D eigenvalue weighted by Crippen LogP contribution is -1.89. The quantitative estimate of drug-likeness (QED) is 0.392. The van der Waals surface area contributed by atoms with Crippen LogP contribution in [0, 0.1) is 11.8 Å². The molecule has 4 rings (SSSR count). The van der Waals surface area contributed by atoms with Crippen molar-refractivity contribution >= 4 is 27.6 Å². The van der Waals surface area contributed by atoms with Gasteiger partial charge in [0, 0.05) is 12.0 Å². The highest BCUT2D eigenvalue weighted by Gasteiger charge is 2.11. The molecule has 0 nitrogen and oxygen atoms in total. The summed E-state index contributed by atoms with van der Waals surface area (Å²) < 4.78 is 0. The number of hydrogen-bond donors (Lipinski definition) is 0. The van der Waals surface area contributed by atoms with Crippen LogP contribution in [0.2, 0.25) is 0 Å². The first-order valence-corrected chi connectivity index (χ1v) is 6.54. The zero-order chi connectivity index (χ0) is 12.7. The van der Waals surface area contributed by atoms with Crippen LogP contribution in [-0.4, -0.2) is 0 Å². The lowest BCUT2D eigenvalue weighted by Gasteiger charge is -2.11. The van der Waals surface area contributed by atoms with Crippen molar-refractivity contribution in [3.63, 3.8) is 0 Å². The molecule has 1 aliphatic carbocycles. The maximum atomic E-state index is 3.35. The molecule has 0 saturated heterocycles. The first-order valence-electron chi connectivity index (χ1n) is 6.54. The summed E-state index contributed by atoms with van der Waals surface area (Å²) in [4.78, 5) is 0. The number of hydrogen-bond acceptors (Lipinski definition) is 0. The highest BCUT2D eigenvalue weighted by atomic mass is 14.1. The second-order valence-corrected chi connectivity index (χ2v) is 4.79. The molecule has 0 heteroatoms. The van der Waals surface area contributed by atoms with Crippen LogP contribution in [-0.2, 0) is 0 Å². The Balaban J connectivity index is 2.35. The molecule has 19 heavy (non-hydrogen) atoms. The average molecular weight is 240 g/mol. The van der Waals surface area contributed by atoms with Gasteiger partial charge in [0.25, 0.3) is 0 Å². The van der Waals surface area contributed by atoms with E-state index in [1.54, 1.807) is 0 Å². The normalized spacial score (nSPS) is 12.8. The molecule has 0 aliphatic heterocycles. The number of rotatable bonds is 0. The topological polar surface area (TPSA) is 0 Å². The highest BCUT2D eigenvalue weighted by Crippen LogP contribution is 2.33. The van der Waals surface area contributed by atoms with Gasteiger partial charge in [-0.05, 0) is 27.1 Å². The Bertz CT molecular complexity index is 886. The van der Waals surface area contributed by atoms with Gasteiger partial charge in [-0.15, -0.1) is 0 Å². The van der Waals surface area contributed by atoms with Crippen molar-refractivity contribution in [3.05, 3.63) is 65.7 Å². The van der Waals surface area contributed by atoms with E-state index in [-0.39, 0.29) is 0 Å². The van der Waals surface area contributed by atoms with E-state index in [2.05, 4.69) is 72.5 Å². The second kappa shape index (κ2) is 4.00. The number of benzene rings is 3. The van der Waals surface area contributed by atoms with Crippen LogP contribution < -0.4 is 0 Å². The molecule has 0 bridgehead atoms. The fourth-order valence-electron chi connectivity index (χ4n) is 2.85. The third-order valence-electron chi connectivity index (χ3n) is 3.69. The van der Waals surface area contributed by atoms with Crippen molar-refractivity contribution in [2.75, 3.05) is 0 Å². The molecule has 1 aliphatic rings. The van der Waals surface area contributed by atoms with E-state index in [0.717, 1.165) is 6.42 Å². The first-order chi connectivity index (χ1) is 9.45. The minimum absolute atomic E-state index is 0.831. The summed E-state index contributed by atoms with van der Waals surface area (Å²) in [6, 6.07) is 17.1. The summed E-state index contributed by atoms with van der Waals surface area (Å²) in [6.07, 6.45) is 5.19. The van der Waals surface area contributed by atoms with Gasteiger partial charge in [-0.25, -0.2) is 0 Å². The lowest BCUT2D eigenvalue weighted by molar-refractivity contribution is 1.50. The fraction of sp³-hybridized carbons (Fsp3) is 0.0526. The van der Waals surface area contributed by atoms with Crippen LogP contribution in [0.25, 0.3) is 27.6 Å². The molecule has 0 amide bonds. The monoisotopic (exact) mass is 240 g/mol. The summed E-state index contributed by atoms with van der Waals surface area (Å²) in [5.74, 6) is 6.57. The summed E-state index contributed by atoms with van der Waals surface area (Å²) in [5, 5.41) is 5.16. The Morgan fingerprint density at radius 1 is 0.737 bits per heavy atom. The van der Waals surface area contributed by atoms with Gasteiger partial charge in [0.1, 0.15) is 0 Å². The predicted octanol–water partition coefficient (Wildman–Crippen LogP) is 4.76. The van der Waals surface area contributed by atoms with Crippen LogP contribution in [0.3, 0.4) is 0 Å². The van der Waals surface area contributed by atoms with Crippen LogP contribution in [0.5, 0.6) is 0 Å². The maximum Gasteiger partial charge on any atom is 0.0402 e. The van der Waals surface area contributed by atoms with Gasteiger partial charge in [-0.3, -0.25) is 0 Å². The van der Waals surface area contributed by atoms with Crippen LogP contribution in [0.4, 0.5) is 0 Å². The molecule has 0 spiro atoms. The Morgan fingerprint density at radius 3 is 2.16 bits per heavy atom. The summed E-state index contributed by atoms with van der Waals surface area (Å²) in [5.41, 5.74) is 2.43. The third-order valence-corrected chi connectivity index (χ3v) is 3.69. The molecular formula is C19H12. The number of allylic oxidation sites excluding steroid dienone is 1. The van der Waals surface area contributed by atoms with Gasteiger partial charge in [-0.2, -0.15) is 0 Å². The van der Waals surface area contributed by atoms with E-state index in [4.69, 9.17) is 0 Å². The van der Waals surface area contributed by atoms with Gasteiger partial charge in [0.05, 0.1) is 0 Å². The molecule has 0 radical (unpaired) electrons. The Hall–Kier alpha value is -2.52. The molecule has 0 fully saturated rings. The molecule has 3 aromatic carbocycles. The molecule has 0 atom stereocenters. The van der Waals surface area contributed by atoms with Crippen LogP contribution >= 0.6 is 0 Å². The van der Waals surface area contributed by atoms with Crippen molar-refractivity contribution in [2.45, 2.75) is 6.42 Å². The minimum Gasteiger partial charge on any atom is -0.0937 e. The van der Waals surface area contributed by atoms with Gasteiger partial charge in [0.2, 0.25) is 0 Å². The summed E-state index contributed by atoms with van der Waals surface area (Å²) in [6.45, 7) is 0. The lowest BCUT2D eigenvalue weighted by atomic mass is 9.92. The Morgan fingerprint density at radius 2 is 1.37 bits per heavy atom. The van der Waals surface area contributed by atoms with Gasteiger partial charge in [0.15, 0.2) is 0 Å². The Kier molecular flexibility index (Phi) is 2.19. The Labute approximate surface area is 112 Å². The van der Waals surface area contributed by atoms with E-state index in [1.807, 2.05) is 0 Å². The van der Waals surface area contributed by atoms with E-state index < -0.39 is 0 Å². The van der Waals surface area contributed by atoms with Crippen molar-refractivity contribution in [1.82, 2.24) is 0 Å². The molecule has 3 aromatic rings. The molecule has 0 N–H and O–H groups in total. The highest BCUT2D eigenvalue weighted by molar-refractivity contribution is 6.13. The van der Waals surface area contributed by atoms with E-state index >= 15 is 0 Å². The molecular weight excluding hydrogens is 228 g/mol. The van der Waals surface area contributed by atoms with Crippen molar-refractivity contribution in [1.29, 1.82) is 0 Å². The molecule has 88 valence electrons. The van der Waals surface area contributed by atoms with Crippen LogP contribution in [0.15, 0.2) is 54.6 Å². The van der Waals surface area contributed by atoms with Crippen LogP contribution in [0.1, 0.15) is 17.5 Å². The van der Waals surface area contributed by atoms with Crippen molar-refractivity contribution in [2.24, 2.45) is 0 Å². The molecule has 0 unspecified atom stereocenters. The van der Waals surface area contributed by atoms with Crippen molar-refractivity contribution in [3.8, 4) is 11.8 Å².